The molecule has 2 aromatic carbocycles. The summed E-state index contributed by atoms with van der Waals surface area (Å²) in [6, 6.07) is 13.0. The highest BCUT2D eigenvalue weighted by Crippen LogP contribution is 2.18. The van der Waals surface area contributed by atoms with Crippen molar-refractivity contribution in [2.45, 2.75) is 39.8 Å². The molecule has 0 spiro atoms. The third kappa shape index (κ3) is 5.55. The molecule has 1 N–H and O–H groups in total. The molecule has 0 saturated carbocycles. The van der Waals surface area contributed by atoms with E-state index in [-0.39, 0.29) is 30.7 Å². The molecule has 5 nitrogen and oxygen atoms in total. The number of rotatable bonds is 9. The van der Waals surface area contributed by atoms with Crippen molar-refractivity contribution >= 4 is 11.8 Å². The fourth-order valence-electron chi connectivity index (χ4n) is 2.97. The Morgan fingerprint density at radius 3 is 2.43 bits per heavy atom. The van der Waals surface area contributed by atoms with Gasteiger partial charge < -0.3 is 15.0 Å². The van der Waals surface area contributed by atoms with Gasteiger partial charge in [-0.05, 0) is 43.5 Å². The number of nitrogens with zero attached hydrogens (tertiary/aromatic N) is 1. The van der Waals surface area contributed by atoms with Crippen LogP contribution in [0, 0.1) is 12.7 Å². The minimum atomic E-state index is -0.628. The van der Waals surface area contributed by atoms with Crippen LogP contribution in [0.15, 0.2) is 48.5 Å². The van der Waals surface area contributed by atoms with E-state index in [1.165, 1.54) is 17.0 Å². The van der Waals surface area contributed by atoms with E-state index in [1.807, 2.05) is 45.0 Å². The summed E-state index contributed by atoms with van der Waals surface area (Å²) >= 11 is 0. The van der Waals surface area contributed by atoms with E-state index < -0.39 is 11.9 Å². The minimum absolute atomic E-state index is 0.0118. The third-order valence-electron chi connectivity index (χ3n) is 4.53. The Balaban J connectivity index is 2.23. The molecule has 0 aliphatic carbocycles. The van der Waals surface area contributed by atoms with Crippen LogP contribution in [0.5, 0.6) is 5.75 Å². The fraction of sp³-hybridized carbons (Fsp3) is 0.364. The van der Waals surface area contributed by atoms with Gasteiger partial charge in [-0.25, -0.2) is 4.39 Å². The number of benzene rings is 2. The first-order chi connectivity index (χ1) is 13.5. The molecule has 0 aliphatic rings. The van der Waals surface area contributed by atoms with Crippen molar-refractivity contribution in [1.82, 2.24) is 10.2 Å². The number of para-hydroxylation sites is 1. The van der Waals surface area contributed by atoms with Gasteiger partial charge in [0.05, 0.1) is 0 Å². The molecule has 1 atom stereocenters. The normalized spacial score (nSPS) is 11.6. The predicted molar refractivity (Wildman–Crippen MR) is 106 cm³/mol. The number of amides is 2. The molecule has 0 aliphatic heterocycles. The molecule has 2 amide bonds. The second-order valence-corrected chi connectivity index (χ2v) is 6.49. The standard InChI is InChI=1S/C22H27FN2O3/c1-4-19(22(27)24-5-2)25(14-17-11-7-6-10-16(17)3)21(26)15-28-20-13-9-8-12-18(20)23/h6-13,19H,4-5,14-15H2,1-3H3,(H,24,27). The summed E-state index contributed by atoms with van der Waals surface area (Å²) < 4.78 is 19.2. The Hall–Kier alpha value is -2.89. The van der Waals surface area contributed by atoms with E-state index >= 15 is 0 Å². The maximum atomic E-state index is 13.8. The SMILES string of the molecule is CCNC(=O)C(CC)N(Cc1ccccc1C)C(=O)COc1ccccc1F. The van der Waals surface area contributed by atoms with Crippen LogP contribution in [-0.2, 0) is 16.1 Å². The molecular formula is C22H27FN2O3. The Morgan fingerprint density at radius 1 is 1.11 bits per heavy atom. The number of likely N-dealkylation sites (N-methyl/N-ethyl adjacent to an activating group) is 1. The largest absolute Gasteiger partial charge is 0.481 e. The van der Waals surface area contributed by atoms with Gasteiger partial charge in [-0.1, -0.05) is 43.3 Å². The highest BCUT2D eigenvalue weighted by atomic mass is 19.1. The second kappa shape index (κ2) is 10.4. The van der Waals surface area contributed by atoms with Gasteiger partial charge in [0, 0.05) is 13.1 Å². The molecule has 2 rings (SSSR count). The summed E-state index contributed by atoms with van der Waals surface area (Å²) in [5.74, 6) is -1.10. The number of ether oxygens (including phenoxy) is 1. The lowest BCUT2D eigenvalue weighted by Crippen LogP contribution is -2.50. The highest BCUT2D eigenvalue weighted by molar-refractivity contribution is 5.88. The monoisotopic (exact) mass is 386 g/mol. The van der Waals surface area contributed by atoms with Crippen LogP contribution in [0.1, 0.15) is 31.4 Å². The van der Waals surface area contributed by atoms with Crippen LogP contribution < -0.4 is 10.1 Å². The lowest BCUT2D eigenvalue weighted by atomic mass is 10.1. The molecule has 0 fully saturated rings. The first-order valence-electron chi connectivity index (χ1n) is 9.46. The zero-order chi connectivity index (χ0) is 20.5. The average molecular weight is 386 g/mol. The zero-order valence-electron chi connectivity index (χ0n) is 16.6. The smallest absolute Gasteiger partial charge is 0.261 e. The van der Waals surface area contributed by atoms with Crippen LogP contribution in [0.3, 0.4) is 0 Å². The Kier molecular flexibility index (Phi) is 7.99. The number of carbonyl (C=O) groups excluding carboxylic acids is 2. The summed E-state index contributed by atoms with van der Waals surface area (Å²) in [6.45, 7) is 6.06. The number of carbonyl (C=O) groups is 2. The molecule has 150 valence electrons. The zero-order valence-corrected chi connectivity index (χ0v) is 16.6. The van der Waals surface area contributed by atoms with Gasteiger partial charge in [0.1, 0.15) is 6.04 Å². The van der Waals surface area contributed by atoms with Crippen LogP contribution in [0.25, 0.3) is 0 Å². The van der Waals surface area contributed by atoms with Crippen LogP contribution in [0.2, 0.25) is 0 Å². The van der Waals surface area contributed by atoms with E-state index in [1.54, 1.807) is 12.1 Å². The summed E-state index contributed by atoms with van der Waals surface area (Å²) in [5.41, 5.74) is 1.98. The molecule has 0 aromatic heterocycles. The summed E-state index contributed by atoms with van der Waals surface area (Å²) in [6.07, 6.45) is 0.461. The molecule has 0 saturated heterocycles. The number of hydrogen-bond donors (Lipinski definition) is 1. The van der Waals surface area contributed by atoms with Crippen molar-refractivity contribution in [2.24, 2.45) is 0 Å². The van der Waals surface area contributed by atoms with Gasteiger partial charge in [-0.3, -0.25) is 9.59 Å². The number of hydrogen-bond acceptors (Lipinski definition) is 3. The number of halogens is 1. The molecular weight excluding hydrogens is 359 g/mol. The predicted octanol–water partition coefficient (Wildman–Crippen LogP) is 3.46. The highest BCUT2D eigenvalue weighted by Gasteiger charge is 2.29. The van der Waals surface area contributed by atoms with E-state index in [9.17, 15) is 14.0 Å². The third-order valence-corrected chi connectivity index (χ3v) is 4.53. The summed E-state index contributed by atoms with van der Waals surface area (Å²) in [7, 11) is 0. The minimum Gasteiger partial charge on any atom is -0.481 e. The van der Waals surface area contributed by atoms with Gasteiger partial charge in [0.25, 0.3) is 5.91 Å². The molecule has 1 unspecified atom stereocenters. The molecule has 0 radical (unpaired) electrons. The van der Waals surface area contributed by atoms with Gasteiger partial charge >= 0.3 is 0 Å². The van der Waals surface area contributed by atoms with Crippen molar-refractivity contribution in [3.05, 3.63) is 65.5 Å². The van der Waals surface area contributed by atoms with E-state index in [2.05, 4.69) is 5.32 Å². The molecule has 0 heterocycles. The van der Waals surface area contributed by atoms with Gasteiger partial charge in [0.2, 0.25) is 5.91 Å². The van der Waals surface area contributed by atoms with E-state index in [0.717, 1.165) is 11.1 Å². The quantitative estimate of drug-likeness (QED) is 0.718. The fourth-order valence-corrected chi connectivity index (χ4v) is 2.97. The lowest BCUT2D eigenvalue weighted by molar-refractivity contribution is -0.143. The lowest BCUT2D eigenvalue weighted by Gasteiger charge is -2.31. The summed E-state index contributed by atoms with van der Waals surface area (Å²) in [4.78, 5) is 27.0. The van der Waals surface area contributed by atoms with Crippen molar-refractivity contribution < 1.29 is 18.7 Å². The maximum absolute atomic E-state index is 13.8. The molecule has 28 heavy (non-hydrogen) atoms. The summed E-state index contributed by atoms with van der Waals surface area (Å²) in [5, 5.41) is 2.78. The Labute approximate surface area is 165 Å². The van der Waals surface area contributed by atoms with Crippen molar-refractivity contribution in [3.63, 3.8) is 0 Å². The van der Waals surface area contributed by atoms with Crippen molar-refractivity contribution in [1.29, 1.82) is 0 Å². The van der Waals surface area contributed by atoms with E-state index in [4.69, 9.17) is 4.74 Å². The molecule has 6 heteroatoms. The van der Waals surface area contributed by atoms with Crippen LogP contribution >= 0.6 is 0 Å². The average Bonchev–Trinajstić information content (AvgIpc) is 2.68. The maximum Gasteiger partial charge on any atom is 0.261 e. The molecule has 0 bridgehead atoms. The number of nitrogens with one attached hydrogen (secondary N) is 1. The van der Waals surface area contributed by atoms with Gasteiger partial charge in [-0.15, -0.1) is 0 Å². The topological polar surface area (TPSA) is 58.6 Å². The van der Waals surface area contributed by atoms with Crippen LogP contribution in [-0.4, -0.2) is 35.9 Å². The first-order valence-corrected chi connectivity index (χ1v) is 9.46. The van der Waals surface area contributed by atoms with E-state index in [0.29, 0.717) is 13.0 Å². The van der Waals surface area contributed by atoms with Gasteiger partial charge in [0.15, 0.2) is 18.2 Å². The Bertz CT molecular complexity index is 810. The molecule has 2 aromatic rings. The Morgan fingerprint density at radius 2 is 1.79 bits per heavy atom. The van der Waals surface area contributed by atoms with Crippen LogP contribution in [0.4, 0.5) is 4.39 Å². The van der Waals surface area contributed by atoms with Gasteiger partial charge in [-0.2, -0.15) is 0 Å². The first kappa shape index (κ1) is 21.4. The second-order valence-electron chi connectivity index (χ2n) is 6.49. The number of aryl methyl sites for hydroxylation is 1. The van der Waals surface area contributed by atoms with Crippen molar-refractivity contribution in [2.75, 3.05) is 13.2 Å². The van der Waals surface area contributed by atoms with Crippen molar-refractivity contribution in [3.8, 4) is 5.75 Å².